The number of fused-ring (bicyclic) bond motifs is 2. The van der Waals surface area contributed by atoms with E-state index in [1.807, 2.05) is 24.3 Å². The van der Waals surface area contributed by atoms with Crippen LogP contribution in [0.5, 0.6) is 0 Å². The predicted octanol–water partition coefficient (Wildman–Crippen LogP) is 2.56. The Hall–Kier alpha value is -3.59. The van der Waals surface area contributed by atoms with Crippen molar-refractivity contribution in [1.82, 2.24) is 14.8 Å². The standard InChI is InChI=1S/C23H19FN4O3S/c24-18-8-4-2-6-16(18)13-27-11-12-32-22(27)25-19(29)14-28-20(30)23(26-21(28)31)10-9-15-5-1-3-7-17(15)23/h1-8,11-12H,9-10,13-14H2,(H,26,31)/t23-/m1/s1. The molecule has 5 rings (SSSR count). The van der Waals surface area contributed by atoms with Crippen LogP contribution in [0.15, 0.2) is 65.1 Å². The zero-order valence-corrected chi connectivity index (χ0v) is 17.8. The van der Waals surface area contributed by atoms with Gasteiger partial charge in [0, 0.05) is 17.1 Å². The topological polar surface area (TPSA) is 83.8 Å². The fraction of sp³-hybridized carbons (Fsp3) is 0.217. The largest absolute Gasteiger partial charge is 0.325 e. The fourth-order valence-electron chi connectivity index (χ4n) is 4.33. The molecule has 7 nitrogen and oxygen atoms in total. The Bertz CT molecular complexity index is 1310. The number of aryl methyl sites for hydroxylation is 1. The second-order valence-electron chi connectivity index (χ2n) is 7.79. The molecule has 0 bridgehead atoms. The van der Waals surface area contributed by atoms with E-state index in [1.165, 1.54) is 17.4 Å². The Morgan fingerprint density at radius 1 is 1.16 bits per heavy atom. The first-order valence-electron chi connectivity index (χ1n) is 10.2. The van der Waals surface area contributed by atoms with E-state index in [0.717, 1.165) is 16.0 Å². The smallest absolute Gasteiger partial charge is 0.319 e. The second-order valence-corrected chi connectivity index (χ2v) is 8.67. The number of hydrogen-bond donors (Lipinski definition) is 1. The minimum atomic E-state index is -1.11. The molecule has 2 heterocycles. The second kappa shape index (κ2) is 7.83. The highest BCUT2D eigenvalue weighted by atomic mass is 32.1. The highest BCUT2D eigenvalue weighted by molar-refractivity contribution is 7.07. The number of aromatic nitrogens is 1. The van der Waals surface area contributed by atoms with Crippen molar-refractivity contribution < 1.29 is 18.8 Å². The van der Waals surface area contributed by atoms with Crippen LogP contribution in [0.1, 0.15) is 23.1 Å². The lowest BCUT2D eigenvalue weighted by atomic mass is 9.92. The van der Waals surface area contributed by atoms with Gasteiger partial charge < -0.3 is 9.88 Å². The summed E-state index contributed by atoms with van der Waals surface area (Å²) in [6.45, 7) is -0.239. The number of rotatable bonds is 4. The number of hydrogen-bond acceptors (Lipinski definition) is 4. The van der Waals surface area contributed by atoms with E-state index in [-0.39, 0.29) is 12.4 Å². The molecule has 1 fully saturated rings. The molecule has 1 saturated heterocycles. The predicted molar refractivity (Wildman–Crippen MR) is 115 cm³/mol. The van der Waals surface area contributed by atoms with Gasteiger partial charge in [0.1, 0.15) is 17.9 Å². The van der Waals surface area contributed by atoms with Crippen LogP contribution in [0.25, 0.3) is 0 Å². The van der Waals surface area contributed by atoms with Gasteiger partial charge in [-0.3, -0.25) is 14.5 Å². The van der Waals surface area contributed by atoms with E-state index in [9.17, 15) is 18.8 Å². The highest BCUT2D eigenvalue weighted by Crippen LogP contribution is 2.41. The van der Waals surface area contributed by atoms with Crippen molar-refractivity contribution >= 4 is 29.2 Å². The van der Waals surface area contributed by atoms with Crippen LogP contribution >= 0.6 is 11.3 Å². The molecule has 1 aliphatic heterocycles. The monoisotopic (exact) mass is 450 g/mol. The van der Waals surface area contributed by atoms with Crippen LogP contribution in [-0.2, 0) is 28.1 Å². The molecule has 32 heavy (non-hydrogen) atoms. The molecule has 1 atom stereocenters. The molecule has 9 heteroatoms. The molecule has 2 aliphatic rings. The van der Waals surface area contributed by atoms with Gasteiger partial charge in [-0.1, -0.05) is 42.5 Å². The summed E-state index contributed by atoms with van der Waals surface area (Å²) >= 11 is 1.22. The molecular weight excluding hydrogens is 431 g/mol. The molecule has 1 spiro atoms. The molecular formula is C23H19FN4O3S. The molecule has 2 aromatic carbocycles. The molecule has 1 N–H and O–H groups in total. The lowest BCUT2D eigenvalue weighted by Crippen LogP contribution is -2.42. The summed E-state index contributed by atoms with van der Waals surface area (Å²) in [5, 5.41) is 4.54. The zero-order chi connectivity index (χ0) is 22.3. The number of thiazole rings is 1. The highest BCUT2D eigenvalue weighted by Gasteiger charge is 2.55. The summed E-state index contributed by atoms with van der Waals surface area (Å²) in [6, 6.07) is 13.3. The van der Waals surface area contributed by atoms with Gasteiger partial charge in [-0.15, -0.1) is 11.3 Å². The van der Waals surface area contributed by atoms with E-state index < -0.39 is 29.9 Å². The van der Waals surface area contributed by atoms with Gasteiger partial charge in [0.15, 0.2) is 4.80 Å². The normalized spacial score (nSPS) is 20.2. The van der Waals surface area contributed by atoms with Crippen molar-refractivity contribution in [3.05, 3.63) is 87.4 Å². The number of nitrogens with zero attached hydrogens (tertiary/aromatic N) is 3. The first-order chi connectivity index (χ1) is 15.5. The van der Waals surface area contributed by atoms with Crippen molar-refractivity contribution in [3.63, 3.8) is 0 Å². The first kappa shape index (κ1) is 20.3. The fourth-order valence-corrected chi connectivity index (χ4v) is 5.07. The minimum Gasteiger partial charge on any atom is -0.319 e. The number of benzene rings is 2. The molecule has 0 saturated carbocycles. The minimum absolute atomic E-state index is 0.214. The van der Waals surface area contributed by atoms with Crippen LogP contribution in [0.2, 0.25) is 0 Å². The number of imide groups is 1. The molecule has 4 amide bonds. The Morgan fingerprint density at radius 2 is 1.94 bits per heavy atom. The number of urea groups is 1. The van der Waals surface area contributed by atoms with E-state index in [1.54, 1.807) is 34.3 Å². The van der Waals surface area contributed by atoms with Gasteiger partial charge in [0.05, 0.1) is 6.54 Å². The number of carbonyl (C=O) groups excluding carboxylic acids is 3. The maximum absolute atomic E-state index is 14.0. The summed E-state index contributed by atoms with van der Waals surface area (Å²) in [4.78, 5) is 43.8. The van der Waals surface area contributed by atoms with E-state index in [0.29, 0.717) is 23.2 Å². The van der Waals surface area contributed by atoms with Crippen molar-refractivity contribution in [2.45, 2.75) is 24.9 Å². The van der Waals surface area contributed by atoms with Crippen LogP contribution in [0.3, 0.4) is 0 Å². The first-order valence-corrected chi connectivity index (χ1v) is 11.0. The molecule has 0 radical (unpaired) electrons. The van der Waals surface area contributed by atoms with Crippen molar-refractivity contribution in [1.29, 1.82) is 0 Å². The molecule has 1 aliphatic carbocycles. The van der Waals surface area contributed by atoms with Crippen molar-refractivity contribution in [2.24, 2.45) is 4.99 Å². The summed E-state index contributed by atoms with van der Waals surface area (Å²) in [5.74, 6) is -1.40. The third-order valence-electron chi connectivity index (χ3n) is 5.89. The van der Waals surface area contributed by atoms with E-state index in [4.69, 9.17) is 0 Å². The van der Waals surface area contributed by atoms with Gasteiger partial charge in [-0.05, 0) is 30.0 Å². The van der Waals surface area contributed by atoms with E-state index >= 15 is 0 Å². The average molecular weight is 450 g/mol. The van der Waals surface area contributed by atoms with Gasteiger partial charge in [0.25, 0.3) is 11.8 Å². The van der Waals surface area contributed by atoms with Crippen molar-refractivity contribution in [3.8, 4) is 0 Å². The lowest BCUT2D eigenvalue weighted by molar-refractivity contribution is -0.134. The Kier molecular flexibility index (Phi) is 4.97. The average Bonchev–Trinajstić information content (AvgIpc) is 3.44. The van der Waals surface area contributed by atoms with E-state index in [2.05, 4.69) is 10.3 Å². The zero-order valence-electron chi connectivity index (χ0n) is 17.0. The maximum Gasteiger partial charge on any atom is 0.325 e. The summed E-state index contributed by atoms with van der Waals surface area (Å²) in [7, 11) is 0. The van der Waals surface area contributed by atoms with Gasteiger partial charge in [-0.25, -0.2) is 9.18 Å². The number of carbonyl (C=O) groups is 3. The van der Waals surface area contributed by atoms with Gasteiger partial charge in [-0.2, -0.15) is 4.99 Å². The molecule has 1 aromatic heterocycles. The van der Waals surface area contributed by atoms with Crippen LogP contribution < -0.4 is 10.1 Å². The molecule has 3 aromatic rings. The van der Waals surface area contributed by atoms with Crippen LogP contribution in [0.4, 0.5) is 9.18 Å². The Balaban J connectivity index is 1.36. The quantitative estimate of drug-likeness (QED) is 0.620. The summed E-state index contributed by atoms with van der Waals surface area (Å²) in [6.07, 6.45) is 2.85. The van der Waals surface area contributed by atoms with Gasteiger partial charge in [0.2, 0.25) is 0 Å². The Labute approximate surface area is 186 Å². The third kappa shape index (κ3) is 3.34. The SMILES string of the molecule is O=C(CN1C(=O)N[C@@]2(CCc3ccccc32)C1=O)N=c1sccn1Cc1ccccc1F. The van der Waals surface area contributed by atoms with Gasteiger partial charge >= 0.3 is 6.03 Å². The third-order valence-corrected chi connectivity index (χ3v) is 6.69. The maximum atomic E-state index is 14.0. The number of nitrogens with one attached hydrogen (secondary N) is 1. The van der Waals surface area contributed by atoms with Crippen LogP contribution in [-0.4, -0.2) is 33.9 Å². The van der Waals surface area contributed by atoms with Crippen LogP contribution in [0, 0.1) is 5.82 Å². The summed E-state index contributed by atoms with van der Waals surface area (Å²) in [5.41, 5.74) is 1.16. The molecule has 0 unspecified atom stereocenters. The summed E-state index contributed by atoms with van der Waals surface area (Å²) < 4.78 is 15.6. The number of halogens is 1. The number of amides is 4. The Morgan fingerprint density at radius 3 is 2.78 bits per heavy atom. The lowest BCUT2D eigenvalue weighted by Gasteiger charge is -2.21. The molecule has 162 valence electrons. The van der Waals surface area contributed by atoms with Crippen molar-refractivity contribution in [2.75, 3.05) is 6.54 Å².